The molecule has 4 nitrogen and oxygen atoms in total. The lowest BCUT2D eigenvalue weighted by molar-refractivity contribution is -0.117. The van der Waals surface area contributed by atoms with Crippen LogP contribution in [0.25, 0.3) is 0 Å². The zero-order valence-electron chi connectivity index (χ0n) is 15.7. The van der Waals surface area contributed by atoms with Gasteiger partial charge >= 0.3 is 0 Å². The van der Waals surface area contributed by atoms with Gasteiger partial charge in [0.15, 0.2) is 5.17 Å². The Morgan fingerprint density at radius 3 is 2.44 bits per heavy atom. The quantitative estimate of drug-likeness (QED) is 0.796. The lowest BCUT2D eigenvalue weighted by Gasteiger charge is -2.33. The van der Waals surface area contributed by atoms with Gasteiger partial charge in [-0.15, -0.1) is 0 Å². The Kier molecular flexibility index (Phi) is 5.72. The van der Waals surface area contributed by atoms with Crippen LogP contribution in [0.5, 0.6) is 0 Å². The Morgan fingerprint density at radius 2 is 1.88 bits per heavy atom. The Balaban J connectivity index is 1.80. The summed E-state index contributed by atoms with van der Waals surface area (Å²) in [5.74, 6) is 1.44. The highest BCUT2D eigenvalue weighted by Crippen LogP contribution is 2.31. The van der Waals surface area contributed by atoms with Crippen LogP contribution in [0.1, 0.15) is 57.9 Å². The van der Waals surface area contributed by atoms with Crippen molar-refractivity contribution in [3.63, 3.8) is 0 Å². The minimum atomic E-state index is 0.0348. The Hall–Kier alpha value is -1.49. The van der Waals surface area contributed by atoms with Crippen LogP contribution >= 0.6 is 11.8 Å². The monoisotopic (exact) mass is 359 g/mol. The molecule has 1 amide bonds. The molecule has 5 heteroatoms. The van der Waals surface area contributed by atoms with Crippen LogP contribution in [0.15, 0.2) is 29.3 Å². The van der Waals surface area contributed by atoms with Crippen molar-refractivity contribution >= 4 is 28.5 Å². The molecule has 1 aliphatic carbocycles. The summed E-state index contributed by atoms with van der Waals surface area (Å²) in [7, 11) is 2.07. The van der Waals surface area contributed by atoms with Crippen LogP contribution in [0.4, 0.5) is 5.69 Å². The van der Waals surface area contributed by atoms with E-state index in [1.165, 1.54) is 31.2 Å². The number of aliphatic imine (C=N–C) groups is 1. The average molecular weight is 360 g/mol. The zero-order chi connectivity index (χ0) is 18.0. The van der Waals surface area contributed by atoms with E-state index in [4.69, 9.17) is 4.99 Å². The van der Waals surface area contributed by atoms with Crippen molar-refractivity contribution in [2.75, 3.05) is 17.7 Å². The highest BCUT2D eigenvalue weighted by atomic mass is 32.2. The molecular formula is C20H29N3OS. The number of anilines is 1. The Bertz CT molecular complexity index is 635. The molecular weight excluding hydrogens is 330 g/mol. The number of nitrogens with zero attached hydrogens (tertiary/aromatic N) is 3. The van der Waals surface area contributed by atoms with E-state index in [2.05, 4.69) is 50.1 Å². The molecule has 0 radical (unpaired) electrons. The summed E-state index contributed by atoms with van der Waals surface area (Å²) in [6, 6.07) is 8.87. The van der Waals surface area contributed by atoms with E-state index in [9.17, 15) is 4.79 Å². The Morgan fingerprint density at radius 1 is 1.24 bits per heavy atom. The SMILES string of the molecule is CC(=O)N(c1ccc(C(C)C)cc1)C1CSC(=NC2CCCC2)N1C. The van der Waals surface area contributed by atoms with E-state index in [0.29, 0.717) is 12.0 Å². The molecule has 1 saturated heterocycles. The van der Waals surface area contributed by atoms with Crippen LogP contribution in [0.3, 0.4) is 0 Å². The summed E-state index contributed by atoms with van der Waals surface area (Å²) in [6.07, 6.45) is 5.03. The first kappa shape index (κ1) is 18.3. The van der Waals surface area contributed by atoms with Gasteiger partial charge in [-0.2, -0.15) is 0 Å². The van der Waals surface area contributed by atoms with Crippen molar-refractivity contribution < 1.29 is 4.79 Å². The molecule has 136 valence electrons. The number of rotatable bonds is 4. The van der Waals surface area contributed by atoms with Gasteiger partial charge in [0.2, 0.25) is 5.91 Å². The Labute approximate surface area is 155 Å². The van der Waals surface area contributed by atoms with E-state index >= 15 is 0 Å². The molecule has 1 aliphatic heterocycles. The first-order valence-corrected chi connectivity index (χ1v) is 10.3. The molecule has 0 aromatic heterocycles. The molecule has 0 N–H and O–H groups in total. The summed E-state index contributed by atoms with van der Waals surface area (Å²) in [5.41, 5.74) is 2.27. The zero-order valence-corrected chi connectivity index (χ0v) is 16.6. The summed E-state index contributed by atoms with van der Waals surface area (Å²) in [5, 5.41) is 1.09. The largest absolute Gasteiger partial charge is 0.333 e. The number of amides is 1. The van der Waals surface area contributed by atoms with Crippen molar-refractivity contribution in [2.45, 2.75) is 64.6 Å². The highest BCUT2D eigenvalue weighted by molar-refractivity contribution is 8.14. The third-order valence-corrected chi connectivity index (χ3v) is 6.32. The molecule has 1 saturated carbocycles. The second-order valence-corrected chi connectivity index (χ2v) is 8.37. The van der Waals surface area contributed by atoms with E-state index < -0.39 is 0 Å². The number of carbonyl (C=O) groups is 1. The van der Waals surface area contributed by atoms with Crippen molar-refractivity contribution in [3.8, 4) is 0 Å². The van der Waals surface area contributed by atoms with Gasteiger partial charge in [0, 0.05) is 25.4 Å². The van der Waals surface area contributed by atoms with E-state index in [-0.39, 0.29) is 12.1 Å². The maximum absolute atomic E-state index is 12.4. The lowest BCUT2D eigenvalue weighted by Crippen LogP contribution is -2.48. The molecule has 0 bridgehead atoms. The molecule has 0 spiro atoms. The fourth-order valence-corrected chi connectivity index (χ4v) is 4.86. The number of amidine groups is 1. The van der Waals surface area contributed by atoms with E-state index in [1.54, 1.807) is 18.7 Å². The van der Waals surface area contributed by atoms with Crippen LogP contribution in [-0.2, 0) is 4.79 Å². The highest BCUT2D eigenvalue weighted by Gasteiger charge is 2.35. The lowest BCUT2D eigenvalue weighted by atomic mass is 10.0. The molecule has 1 unspecified atom stereocenters. The van der Waals surface area contributed by atoms with Crippen molar-refractivity contribution in [1.29, 1.82) is 0 Å². The maximum Gasteiger partial charge on any atom is 0.225 e. The fourth-order valence-electron chi connectivity index (χ4n) is 3.64. The predicted octanol–water partition coefficient (Wildman–Crippen LogP) is 4.47. The molecule has 2 aliphatic rings. The van der Waals surface area contributed by atoms with E-state index in [0.717, 1.165) is 16.6 Å². The fraction of sp³-hybridized carbons (Fsp3) is 0.600. The van der Waals surface area contributed by atoms with Crippen molar-refractivity contribution in [2.24, 2.45) is 4.99 Å². The van der Waals surface area contributed by atoms with E-state index in [1.807, 2.05) is 4.90 Å². The van der Waals surface area contributed by atoms with Gasteiger partial charge in [0.1, 0.15) is 6.17 Å². The molecule has 1 aromatic carbocycles. The molecule has 3 rings (SSSR count). The number of benzene rings is 1. The summed E-state index contributed by atoms with van der Waals surface area (Å²) in [4.78, 5) is 21.4. The minimum Gasteiger partial charge on any atom is -0.333 e. The average Bonchev–Trinajstić information content (AvgIpc) is 3.21. The standard InChI is InChI=1S/C20H29N3OS/c1-14(2)16-9-11-18(12-10-16)23(15(3)24)19-13-25-20(22(19)4)21-17-7-5-6-8-17/h9-12,14,17,19H,5-8,13H2,1-4H3. The van der Waals surface area contributed by atoms with Crippen LogP contribution in [0, 0.1) is 0 Å². The van der Waals surface area contributed by atoms with Crippen molar-refractivity contribution in [1.82, 2.24) is 4.90 Å². The molecule has 1 heterocycles. The van der Waals surface area contributed by atoms with Crippen LogP contribution in [0.2, 0.25) is 0 Å². The molecule has 25 heavy (non-hydrogen) atoms. The smallest absolute Gasteiger partial charge is 0.225 e. The van der Waals surface area contributed by atoms with Gasteiger partial charge in [-0.1, -0.05) is 50.6 Å². The number of carbonyl (C=O) groups excluding carboxylic acids is 1. The van der Waals surface area contributed by atoms with Crippen LogP contribution < -0.4 is 4.90 Å². The van der Waals surface area contributed by atoms with Gasteiger partial charge in [-0.05, 0) is 36.5 Å². The minimum absolute atomic E-state index is 0.0348. The molecule has 1 aromatic rings. The van der Waals surface area contributed by atoms with Gasteiger partial charge < -0.3 is 4.90 Å². The number of hydrogen-bond donors (Lipinski definition) is 0. The van der Waals surface area contributed by atoms with Gasteiger partial charge in [-0.25, -0.2) is 0 Å². The first-order chi connectivity index (χ1) is 12.0. The number of hydrogen-bond acceptors (Lipinski definition) is 3. The second-order valence-electron chi connectivity index (χ2n) is 7.39. The second kappa shape index (κ2) is 7.81. The van der Waals surface area contributed by atoms with Crippen LogP contribution in [-0.4, -0.2) is 41.0 Å². The van der Waals surface area contributed by atoms with Gasteiger partial charge in [0.05, 0.1) is 6.04 Å². The molecule has 2 fully saturated rings. The third-order valence-electron chi connectivity index (χ3n) is 5.20. The number of thioether (sulfide) groups is 1. The van der Waals surface area contributed by atoms with Gasteiger partial charge in [-0.3, -0.25) is 14.7 Å². The normalized spacial score (nSPS) is 23.0. The summed E-state index contributed by atoms with van der Waals surface area (Å²) in [6.45, 7) is 6.02. The van der Waals surface area contributed by atoms with Gasteiger partial charge in [0.25, 0.3) is 0 Å². The summed E-state index contributed by atoms with van der Waals surface area (Å²) < 4.78 is 0. The maximum atomic E-state index is 12.4. The predicted molar refractivity (Wildman–Crippen MR) is 107 cm³/mol. The molecule has 1 atom stereocenters. The third kappa shape index (κ3) is 4.02. The first-order valence-electron chi connectivity index (χ1n) is 9.30. The van der Waals surface area contributed by atoms with Crippen molar-refractivity contribution in [3.05, 3.63) is 29.8 Å². The topological polar surface area (TPSA) is 35.9 Å². The summed E-state index contributed by atoms with van der Waals surface area (Å²) >= 11 is 1.78.